The number of nitrogens with one attached hydrogen (secondary N) is 1. The molecule has 1 saturated carbocycles. The zero-order valence-corrected chi connectivity index (χ0v) is 13.7. The van der Waals surface area contributed by atoms with E-state index >= 15 is 0 Å². The summed E-state index contributed by atoms with van der Waals surface area (Å²) in [4.78, 5) is 35.8. The number of piperidine rings is 1. The van der Waals surface area contributed by atoms with Crippen molar-refractivity contribution in [1.29, 1.82) is 0 Å². The molecule has 7 nitrogen and oxygen atoms in total. The Kier molecular flexibility index (Phi) is 4.19. The van der Waals surface area contributed by atoms with Crippen LogP contribution in [0, 0.1) is 5.41 Å². The van der Waals surface area contributed by atoms with Crippen molar-refractivity contribution in [2.75, 3.05) is 27.2 Å². The van der Waals surface area contributed by atoms with Gasteiger partial charge in [-0.25, -0.2) is 9.78 Å². The average Bonchev–Trinajstić information content (AvgIpc) is 2.58. The summed E-state index contributed by atoms with van der Waals surface area (Å²) < 4.78 is 0. The van der Waals surface area contributed by atoms with Crippen molar-refractivity contribution in [3.8, 4) is 0 Å². The van der Waals surface area contributed by atoms with Crippen LogP contribution in [0.4, 0.5) is 4.79 Å². The Bertz CT molecular complexity index is 581. The number of nitrogens with zero attached hydrogens (tertiary/aromatic N) is 4. The molecule has 1 aliphatic heterocycles. The molecule has 2 fully saturated rings. The van der Waals surface area contributed by atoms with Gasteiger partial charge in [0, 0.05) is 45.6 Å². The second kappa shape index (κ2) is 6.14. The minimum Gasteiger partial charge on any atom is -0.347 e. The Morgan fingerprint density at radius 3 is 2.52 bits per heavy atom. The maximum Gasteiger partial charge on any atom is 0.319 e. The fourth-order valence-corrected chi connectivity index (χ4v) is 3.60. The van der Waals surface area contributed by atoms with Crippen molar-refractivity contribution in [1.82, 2.24) is 25.1 Å². The Hall–Kier alpha value is -2.18. The summed E-state index contributed by atoms with van der Waals surface area (Å²) in [5, 5.41) is 3.10. The van der Waals surface area contributed by atoms with Crippen LogP contribution in [0.5, 0.6) is 0 Å². The van der Waals surface area contributed by atoms with Crippen LogP contribution in [0.1, 0.15) is 36.2 Å². The summed E-state index contributed by atoms with van der Waals surface area (Å²) in [6.45, 7) is 1.52. The Morgan fingerprint density at radius 2 is 2.00 bits per heavy atom. The van der Waals surface area contributed by atoms with Gasteiger partial charge in [0.15, 0.2) is 0 Å². The van der Waals surface area contributed by atoms with Crippen molar-refractivity contribution in [3.63, 3.8) is 0 Å². The van der Waals surface area contributed by atoms with Crippen LogP contribution < -0.4 is 5.32 Å². The van der Waals surface area contributed by atoms with E-state index in [1.54, 1.807) is 25.2 Å². The van der Waals surface area contributed by atoms with Crippen LogP contribution in [0.2, 0.25) is 0 Å². The zero-order valence-electron chi connectivity index (χ0n) is 13.7. The molecule has 1 atom stereocenters. The predicted octanol–water partition coefficient (Wildman–Crippen LogP) is 1.13. The Morgan fingerprint density at radius 1 is 1.26 bits per heavy atom. The van der Waals surface area contributed by atoms with Crippen molar-refractivity contribution in [3.05, 3.63) is 24.3 Å². The van der Waals surface area contributed by atoms with Gasteiger partial charge in [-0.3, -0.25) is 9.78 Å². The molecule has 0 radical (unpaired) electrons. The monoisotopic (exact) mass is 317 g/mol. The third kappa shape index (κ3) is 3.00. The molecule has 1 saturated heterocycles. The van der Waals surface area contributed by atoms with Crippen LogP contribution in [-0.2, 0) is 0 Å². The maximum absolute atomic E-state index is 12.3. The van der Waals surface area contributed by atoms with Gasteiger partial charge in [-0.1, -0.05) is 0 Å². The molecule has 2 aliphatic rings. The van der Waals surface area contributed by atoms with Crippen LogP contribution >= 0.6 is 0 Å². The van der Waals surface area contributed by atoms with Crippen LogP contribution in [0.3, 0.4) is 0 Å². The fourth-order valence-electron chi connectivity index (χ4n) is 3.60. The number of likely N-dealkylation sites (tertiary alicyclic amines) is 1. The van der Waals surface area contributed by atoms with Crippen LogP contribution in [0.15, 0.2) is 18.6 Å². The number of carbonyl (C=O) groups is 2. The molecule has 3 rings (SSSR count). The summed E-state index contributed by atoms with van der Waals surface area (Å²) in [6.07, 6.45) is 8.56. The molecule has 1 spiro atoms. The van der Waals surface area contributed by atoms with Gasteiger partial charge in [0.25, 0.3) is 5.91 Å². The van der Waals surface area contributed by atoms with Gasteiger partial charge in [-0.2, -0.15) is 0 Å². The van der Waals surface area contributed by atoms with Crippen LogP contribution in [0.25, 0.3) is 0 Å². The number of carbonyl (C=O) groups excluding carboxylic acids is 2. The van der Waals surface area contributed by atoms with Gasteiger partial charge in [0.05, 0.1) is 6.20 Å². The van der Waals surface area contributed by atoms with E-state index in [0.717, 1.165) is 38.8 Å². The van der Waals surface area contributed by atoms with Gasteiger partial charge < -0.3 is 15.1 Å². The lowest BCUT2D eigenvalue weighted by Crippen LogP contribution is -2.60. The number of urea groups is 1. The number of rotatable bonds is 2. The normalized spacial score (nSPS) is 22.3. The largest absolute Gasteiger partial charge is 0.347 e. The molecular formula is C16H23N5O2. The standard InChI is InChI=1S/C16H23N5O2/c1-20(2)15(23)21-9-5-16(6-10-21)4-3-13(16)19-14(22)12-11-17-7-8-18-12/h7-8,11,13H,3-6,9-10H2,1-2H3,(H,19,22). The highest BCUT2D eigenvalue weighted by molar-refractivity contribution is 5.92. The van der Waals surface area contributed by atoms with Crippen LogP contribution in [-0.4, -0.2) is 64.9 Å². The molecule has 3 amide bonds. The molecule has 1 aromatic rings. The average molecular weight is 317 g/mol. The van der Waals surface area contributed by atoms with E-state index in [4.69, 9.17) is 0 Å². The van der Waals surface area contributed by atoms with Gasteiger partial charge in [-0.05, 0) is 31.1 Å². The summed E-state index contributed by atoms with van der Waals surface area (Å²) in [5.74, 6) is -0.158. The minimum atomic E-state index is -0.158. The molecule has 1 aromatic heterocycles. The van der Waals surface area contributed by atoms with Gasteiger partial charge in [0.2, 0.25) is 0 Å². The first kappa shape index (κ1) is 15.7. The molecule has 2 heterocycles. The number of amides is 3. The topological polar surface area (TPSA) is 78.4 Å². The highest BCUT2D eigenvalue weighted by Crippen LogP contribution is 2.49. The smallest absolute Gasteiger partial charge is 0.319 e. The van der Waals surface area contributed by atoms with Gasteiger partial charge in [-0.15, -0.1) is 0 Å². The van der Waals surface area contributed by atoms with Gasteiger partial charge >= 0.3 is 6.03 Å². The molecule has 23 heavy (non-hydrogen) atoms. The van der Waals surface area contributed by atoms with E-state index in [1.165, 1.54) is 12.4 Å². The summed E-state index contributed by atoms with van der Waals surface area (Å²) in [7, 11) is 3.56. The SMILES string of the molecule is CN(C)C(=O)N1CCC2(CCC2NC(=O)c2cnccn2)CC1. The first-order chi connectivity index (χ1) is 11.0. The molecule has 1 unspecified atom stereocenters. The van der Waals surface area contributed by atoms with Crippen molar-refractivity contribution in [2.24, 2.45) is 5.41 Å². The first-order valence-corrected chi connectivity index (χ1v) is 8.05. The number of aromatic nitrogens is 2. The third-order valence-electron chi connectivity index (χ3n) is 5.18. The second-order valence-corrected chi connectivity index (χ2v) is 6.68. The Balaban J connectivity index is 1.58. The maximum atomic E-state index is 12.3. The molecular weight excluding hydrogens is 294 g/mol. The lowest BCUT2D eigenvalue weighted by atomic mass is 9.59. The van der Waals surface area contributed by atoms with E-state index < -0.39 is 0 Å². The predicted molar refractivity (Wildman–Crippen MR) is 84.8 cm³/mol. The first-order valence-electron chi connectivity index (χ1n) is 8.05. The number of hydrogen-bond acceptors (Lipinski definition) is 4. The van der Waals surface area contributed by atoms with E-state index in [0.29, 0.717) is 5.69 Å². The molecule has 0 aromatic carbocycles. The summed E-state index contributed by atoms with van der Waals surface area (Å²) in [5.41, 5.74) is 0.496. The molecule has 1 aliphatic carbocycles. The lowest BCUT2D eigenvalue weighted by Gasteiger charge is -2.54. The van der Waals surface area contributed by atoms with Crippen molar-refractivity contribution in [2.45, 2.75) is 31.7 Å². The van der Waals surface area contributed by atoms with E-state index in [2.05, 4.69) is 15.3 Å². The van der Waals surface area contributed by atoms with E-state index in [9.17, 15) is 9.59 Å². The third-order valence-corrected chi connectivity index (χ3v) is 5.18. The molecule has 0 bridgehead atoms. The minimum absolute atomic E-state index is 0.0688. The van der Waals surface area contributed by atoms with Crippen molar-refractivity contribution >= 4 is 11.9 Å². The Labute approximate surface area is 136 Å². The lowest BCUT2D eigenvalue weighted by molar-refractivity contribution is 0.00179. The summed E-state index contributed by atoms with van der Waals surface area (Å²) >= 11 is 0. The molecule has 124 valence electrons. The number of hydrogen-bond donors (Lipinski definition) is 1. The van der Waals surface area contributed by atoms with Crippen molar-refractivity contribution < 1.29 is 9.59 Å². The molecule has 7 heteroatoms. The highest BCUT2D eigenvalue weighted by Gasteiger charge is 2.49. The molecule has 1 N–H and O–H groups in total. The zero-order chi connectivity index (χ0) is 16.4. The highest BCUT2D eigenvalue weighted by atomic mass is 16.2. The quantitative estimate of drug-likeness (QED) is 0.887. The summed E-state index contributed by atoms with van der Waals surface area (Å²) in [6, 6.07) is 0.243. The van der Waals surface area contributed by atoms with Gasteiger partial charge in [0.1, 0.15) is 5.69 Å². The van der Waals surface area contributed by atoms with E-state index in [1.807, 2.05) is 4.90 Å². The second-order valence-electron chi connectivity index (χ2n) is 6.68. The fraction of sp³-hybridized carbons (Fsp3) is 0.625. The van der Waals surface area contributed by atoms with E-state index in [-0.39, 0.29) is 23.4 Å².